The number of amides is 1. The average Bonchev–Trinajstić information content (AvgIpc) is 3.32. The zero-order valence-electron chi connectivity index (χ0n) is 16.2. The Bertz CT molecular complexity index is 1240. The predicted molar refractivity (Wildman–Crippen MR) is 106 cm³/mol. The smallest absolute Gasteiger partial charge is 0.350 e. The molecule has 0 spiro atoms. The molecule has 3 aromatic heterocycles. The standard InChI is InChI=1S/C20H21N5O4/c1-13-11-14-5-3-4-6-16(14)25-19(13)22-24(20(25)27)10-9-21-17(26)8-7-15-12-18(28-2)23-29-15/h3-6,11-12H,7-10H2,1-2H3,(H,21,26). The molecule has 1 amide bonds. The van der Waals surface area contributed by atoms with E-state index in [-0.39, 0.29) is 24.6 Å². The number of para-hydroxylation sites is 1. The van der Waals surface area contributed by atoms with Gasteiger partial charge in [0.2, 0.25) is 5.91 Å². The molecule has 9 nitrogen and oxygen atoms in total. The van der Waals surface area contributed by atoms with Crippen molar-refractivity contribution in [2.24, 2.45) is 0 Å². The van der Waals surface area contributed by atoms with Crippen molar-refractivity contribution < 1.29 is 14.1 Å². The van der Waals surface area contributed by atoms with Gasteiger partial charge in [-0.25, -0.2) is 13.9 Å². The normalized spacial score (nSPS) is 11.2. The van der Waals surface area contributed by atoms with Crippen LogP contribution in [0.2, 0.25) is 0 Å². The number of carbonyl (C=O) groups excluding carboxylic acids is 1. The van der Waals surface area contributed by atoms with E-state index < -0.39 is 0 Å². The highest BCUT2D eigenvalue weighted by atomic mass is 16.5. The summed E-state index contributed by atoms with van der Waals surface area (Å²) in [5.74, 6) is 0.823. The van der Waals surface area contributed by atoms with Gasteiger partial charge in [-0.1, -0.05) is 18.2 Å². The number of ether oxygens (including phenoxy) is 1. The number of fused-ring (bicyclic) bond motifs is 3. The molecule has 9 heteroatoms. The van der Waals surface area contributed by atoms with Gasteiger partial charge in [0.25, 0.3) is 5.88 Å². The van der Waals surface area contributed by atoms with Crippen LogP contribution in [0.3, 0.4) is 0 Å². The largest absolute Gasteiger partial charge is 0.479 e. The molecule has 0 aliphatic heterocycles. The molecule has 0 atom stereocenters. The van der Waals surface area contributed by atoms with E-state index in [4.69, 9.17) is 9.26 Å². The van der Waals surface area contributed by atoms with Crippen molar-refractivity contribution in [1.29, 1.82) is 0 Å². The van der Waals surface area contributed by atoms with Crippen LogP contribution in [0.4, 0.5) is 0 Å². The van der Waals surface area contributed by atoms with Crippen molar-refractivity contribution in [3.8, 4) is 5.88 Å². The summed E-state index contributed by atoms with van der Waals surface area (Å²) in [6.45, 7) is 2.52. The number of rotatable bonds is 7. The Morgan fingerprint density at radius 1 is 1.28 bits per heavy atom. The summed E-state index contributed by atoms with van der Waals surface area (Å²) < 4.78 is 13.0. The summed E-state index contributed by atoms with van der Waals surface area (Å²) in [6.07, 6.45) is 0.670. The van der Waals surface area contributed by atoms with Crippen molar-refractivity contribution in [3.63, 3.8) is 0 Å². The maximum absolute atomic E-state index is 12.8. The molecule has 1 aromatic carbocycles. The SMILES string of the molecule is COc1cc(CCC(=O)NCCn2nc3c(C)cc4ccccc4n3c2=O)on1. The van der Waals surface area contributed by atoms with Gasteiger partial charge in [0.05, 0.1) is 19.2 Å². The number of nitrogens with zero attached hydrogens (tertiary/aromatic N) is 4. The van der Waals surface area contributed by atoms with Crippen LogP contribution in [0.15, 0.2) is 45.7 Å². The zero-order valence-corrected chi connectivity index (χ0v) is 16.2. The third-order valence-electron chi connectivity index (χ3n) is 4.73. The van der Waals surface area contributed by atoms with Gasteiger partial charge in [-0.05, 0) is 35.2 Å². The van der Waals surface area contributed by atoms with E-state index in [0.717, 1.165) is 16.5 Å². The highest BCUT2D eigenvalue weighted by molar-refractivity contribution is 5.83. The number of carbonyl (C=O) groups is 1. The molecule has 150 valence electrons. The van der Waals surface area contributed by atoms with Crippen molar-refractivity contribution in [3.05, 3.63) is 58.2 Å². The van der Waals surface area contributed by atoms with Gasteiger partial charge in [0.15, 0.2) is 5.65 Å². The second kappa shape index (κ2) is 7.78. The quantitative estimate of drug-likeness (QED) is 0.511. The Kier molecular flexibility index (Phi) is 5.03. The number of nitrogens with one attached hydrogen (secondary N) is 1. The van der Waals surface area contributed by atoms with Gasteiger partial charge in [-0.15, -0.1) is 5.10 Å². The number of methoxy groups -OCH3 is 1. The summed E-state index contributed by atoms with van der Waals surface area (Å²) in [7, 11) is 1.50. The van der Waals surface area contributed by atoms with Crippen molar-refractivity contribution in [2.45, 2.75) is 26.3 Å². The molecule has 4 aromatic rings. The van der Waals surface area contributed by atoms with Gasteiger partial charge < -0.3 is 14.6 Å². The fourth-order valence-corrected chi connectivity index (χ4v) is 3.27. The summed E-state index contributed by atoms with van der Waals surface area (Å²) in [5.41, 5.74) is 2.14. The van der Waals surface area contributed by atoms with E-state index in [1.165, 1.54) is 11.8 Å². The van der Waals surface area contributed by atoms with Crippen LogP contribution in [-0.2, 0) is 17.8 Å². The minimum absolute atomic E-state index is 0.140. The number of hydrogen-bond donors (Lipinski definition) is 1. The third kappa shape index (κ3) is 3.71. The summed E-state index contributed by atoms with van der Waals surface area (Å²) in [4.78, 5) is 24.9. The number of aromatic nitrogens is 4. The molecule has 0 unspecified atom stereocenters. The molecule has 3 heterocycles. The number of pyridine rings is 1. The topological polar surface area (TPSA) is 104 Å². The van der Waals surface area contributed by atoms with Crippen LogP contribution in [0, 0.1) is 6.92 Å². The Morgan fingerprint density at radius 3 is 2.90 bits per heavy atom. The Balaban J connectivity index is 1.41. The van der Waals surface area contributed by atoms with E-state index in [2.05, 4.69) is 15.6 Å². The van der Waals surface area contributed by atoms with Gasteiger partial charge in [0, 0.05) is 25.5 Å². The second-order valence-corrected chi connectivity index (χ2v) is 6.74. The molecular weight excluding hydrogens is 374 g/mol. The van der Waals surface area contributed by atoms with E-state index in [9.17, 15) is 9.59 Å². The fraction of sp³-hybridized carbons (Fsp3) is 0.300. The molecule has 4 rings (SSSR count). The molecule has 0 bridgehead atoms. The van der Waals surface area contributed by atoms with E-state index >= 15 is 0 Å². The van der Waals surface area contributed by atoms with Gasteiger partial charge >= 0.3 is 5.69 Å². The summed E-state index contributed by atoms with van der Waals surface area (Å²) >= 11 is 0. The molecule has 0 radical (unpaired) electrons. The van der Waals surface area contributed by atoms with Crippen LogP contribution in [-0.4, -0.2) is 38.9 Å². The van der Waals surface area contributed by atoms with Crippen molar-refractivity contribution >= 4 is 22.5 Å². The molecule has 1 N–H and O–H groups in total. The van der Waals surface area contributed by atoms with Gasteiger partial charge in [-0.3, -0.25) is 4.79 Å². The summed E-state index contributed by atoms with van der Waals surface area (Å²) in [5, 5.41) is 11.9. The third-order valence-corrected chi connectivity index (χ3v) is 4.73. The van der Waals surface area contributed by atoms with E-state index in [0.29, 0.717) is 30.3 Å². The number of benzene rings is 1. The lowest BCUT2D eigenvalue weighted by atomic mass is 10.1. The predicted octanol–water partition coefficient (Wildman–Crippen LogP) is 1.70. The highest BCUT2D eigenvalue weighted by Crippen LogP contribution is 2.18. The monoisotopic (exact) mass is 395 g/mol. The second-order valence-electron chi connectivity index (χ2n) is 6.74. The molecule has 0 aliphatic carbocycles. The highest BCUT2D eigenvalue weighted by Gasteiger charge is 2.13. The first kappa shape index (κ1) is 18.7. The molecular formula is C20H21N5O4. The Hall–Kier alpha value is -3.62. The van der Waals surface area contributed by atoms with Crippen LogP contribution in [0.25, 0.3) is 16.6 Å². The average molecular weight is 395 g/mol. The first-order chi connectivity index (χ1) is 14.1. The first-order valence-corrected chi connectivity index (χ1v) is 9.31. The fourth-order valence-electron chi connectivity index (χ4n) is 3.27. The maximum Gasteiger partial charge on any atom is 0.350 e. The lowest BCUT2D eigenvalue weighted by molar-refractivity contribution is -0.121. The van der Waals surface area contributed by atoms with Gasteiger partial charge in [-0.2, -0.15) is 0 Å². The Morgan fingerprint density at radius 2 is 2.10 bits per heavy atom. The van der Waals surface area contributed by atoms with Gasteiger partial charge in [0.1, 0.15) is 5.76 Å². The molecule has 0 aliphatic rings. The molecule has 0 saturated carbocycles. The Labute approximate surface area is 165 Å². The van der Waals surface area contributed by atoms with Crippen molar-refractivity contribution in [2.75, 3.05) is 13.7 Å². The van der Waals surface area contributed by atoms with E-state index in [1.807, 2.05) is 37.3 Å². The maximum atomic E-state index is 12.8. The van der Waals surface area contributed by atoms with Crippen LogP contribution < -0.4 is 15.7 Å². The van der Waals surface area contributed by atoms with Crippen LogP contribution in [0.1, 0.15) is 17.7 Å². The molecule has 29 heavy (non-hydrogen) atoms. The molecule has 0 fully saturated rings. The lowest BCUT2D eigenvalue weighted by Crippen LogP contribution is -2.31. The first-order valence-electron chi connectivity index (χ1n) is 9.31. The minimum Gasteiger partial charge on any atom is -0.479 e. The van der Waals surface area contributed by atoms with Crippen LogP contribution in [0.5, 0.6) is 5.88 Å². The molecule has 0 saturated heterocycles. The zero-order chi connectivity index (χ0) is 20.4. The lowest BCUT2D eigenvalue weighted by Gasteiger charge is -2.03. The van der Waals surface area contributed by atoms with E-state index in [1.54, 1.807) is 10.5 Å². The number of hydrogen-bond acceptors (Lipinski definition) is 6. The minimum atomic E-state index is -0.220. The summed E-state index contributed by atoms with van der Waals surface area (Å²) in [6, 6.07) is 11.4. The van der Waals surface area contributed by atoms with Crippen LogP contribution >= 0.6 is 0 Å². The number of aryl methyl sites for hydroxylation is 2. The van der Waals surface area contributed by atoms with Crippen molar-refractivity contribution in [1.82, 2.24) is 24.7 Å².